The van der Waals surface area contributed by atoms with Crippen molar-refractivity contribution in [3.63, 3.8) is 0 Å². The quantitative estimate of drug-likeness (QED) is 0.0496. The molecule has 0 spiro atoms. The SMILES string of the molecule is CO[C@@H]1CC[C@@]2(C)C(CCC3C2CC[C@@]2(C)C3CCC2[C@H](C)CCCOC(CC[C@@H](C)C2CCC3C4CCC5C[C@H](OC)CC[C@]5(C)C4CC[C@@]32C)O[Si](C)(C)OCCCCCCBr)C1. The van der Waals surface area contributed by atoms with Crippen LogP contribution in [0.2, 0.25) is 13.1 Å². The zero-order chi connectivity index (χ0) is 46.2. The van der Waals surface area contributed by atoms with Gasteiger partial charge in [0.25, 0.3) is 0 Å². The van der Waals surface area contributed by atoms with Crippen molar-refractivity contribution < 1.29 is 23.1 Å². The lowest BCUT2D eigenvalue weighted by molar-refractivity contribution is -0.134. The topological polar surface area (TPSA) is 46.2 Å². The largest absolute Gasteiger partial charge is 0.394 e. The molecule has 5 nitrogen and oxygen atoms in total. The minimum atomic E-state index is -2.35. The van der Waals surface area contributed by atoms with Crippen molar-refractivity contribution in [3.05, 3.63) is 0 Å². The third-order valence-corrected chi connectivity index (χ3v) is 25.6. The Hall–Kier alpha value is 0.497. The summed E-state index contributed by atoms with van der Waals surface area (Å²) in [4.78, 5) is 0. The lowest BCUT2D eigenvalue weighted by atomic mass is 9.44. The van der Waals surface area contributed by atoms with Gasteiger partial charge in [0, 0.05) is 32.8 Å². The van der Waals surface area contributed by atoms with Crippen LogP contribution in [-0.4, -0.2) is 59.8 Å². The van der Waals surface area contributed by atoms with E-state index in [1.807, 2.05) is 14.2 Å². The molecular formula is C58H103BrO5Si. The number of alkyl halides is 1. The van der Waals surface area contributed by atoms with Crippen LogP contribution >= 0.6 is 15.9 Å². The van der Waals surface area contributed by atoms with E-state index in [0.717, 1.165) is 103 Å². The monoisotopic (exact) mass is 987 g/mol. The predicted molar refractivity (Wildman–Crippen MR) is 275 cm³/mol. The van der Waals surface area contributed by atoms with Crippen LogP contribution < -0.4 is 0 Å². The van der Waals surface area contributed by atoms with Crippen molar-refractivity contribution in [2.24, 2.45) is 92.7 Å². The Morgan fingerprint density at radius 3 is 1.54 bits per heavy atom. The average molecular weight is 988 g/mol. The van der Waals surface area contributed by atoms with Crippen LogP contribution in [0, 0.1) is 92.7 Å². The van der Waals surface area contributed by atoms with E-state index in [9.17, 15) is 0 Å². The molecule has 0 aromatic carbocycles. The maximum Gasteiger partial charge on any atom is 0.333 e. The van der Waals surface area contributed by atoms with Gasteiger partial charge in [-0.3, -0.25) is 0 Å². The molecule has 0 aromatic rings. The highest BCUT2D eigenvalue weighted by Gasteiger charge is 2.62. The molecular weight excluding hydrogens is 885 g/mol. The molecule has 0 radical (unpaired) electrons. The van der Waals surface area contributed by atoms with Gasteiger partial charge < -0.3 is 23.1 Å². The lowest BCUT2D eigenvalue weighted by Crippen LogP contribution is -2.54. The summed E-state index contributed by atoms with van der Waals surface area (Å²) in [7, 11) is 1.55. The number of fused-ring (bicyclic) bond motifs is 10. The van der Waals surface area contributed by atoms with Crippen LogP contribution in [0.25, 0.3) is 0 Å². The number of rotatable bonds is 21. The molecule has 8 fully saturated rings. The Balaban J connectivity index is 0.850. The molecule has 7 heteroatoms. The summed E-state index contributed by atoms with van der Waals surface area (Å²) in [6, 6.07) is 0. The van der Waals surface area contributed by atoms with Gasteiger partial charge in [0.15, 0.2) is 0 Å². The van der Waals surface area contributed by atoms with Crippen molar-refractivity contribution in [2.75, 3.05) is 32.8 Å². The van der Waals surface area contributed by atoms with E-state index in [0.29, 0.717) is 39.8 Å². The van der Waals surface area contributed by atoms with E-state index >= 15 is 0 Å². The maximum absolute atomic E-state index is 7.03. The zero-order valence-electron chi connectivity index (χ0n) is 44.1. The van der Waals surface area contributed by atoms with E-state index in [4.69, 9.17) is 23.1 Å². The maximum atomic E-state index is 7.03. The van der Waals surface area contributed by atoms with Gasteiger partial charge in [-0.05, 0) is 260 Å². The van der Waals surface area contributed by atoms with Crippen LogP contribution in [-0.2, 0) is 23.1 Å². The molecule has 0 aliphatic heterocycles. The molecule has 8 rings (SSSR count). The molecule has 11 unspecified atom stereocenters. The molecule has 19 atom stereocenters. The molecule has 0 saturated heterocycles. The lowest BCUT2D eigenvalue weighted by Gasteiger charge is -2.61. The molecule has 0 aromatic heterocycles. The molecule has 0 N–H and O–H groups in total. The van der Waals surface area contributed by atoms with Crippen LogP contribution in [0.5, 0.6) is 0 Å². The fourth-order valence-corrected chi connectivity index (χ4v) is 21.6. The van der Waals surface area contributed by atoms with E-state index in [1.54, 1.807) is 0 Å². The first-order valence-electron chi connectivity index (χ1n) is 28.6. The number of hydrogen-bond acceptors (Lipinski definition) is 5. The van der Waals surface area contributed by atoms with Crippen LogP contribution in [0.3, 0.4) is 0 Å². The van der Waals surface area contributed by atoms with Gasteiger partial charge >= 0.3 is 8.56 Å². The van der Waals surface area contributed by atoms with Crippen molar-refractivity contribution in [3.8, 4) is 0 Å². The number of methoxy groups -OCH3 is 2. The highest BCUT2D eigenvalue weighted by Crippen LogP contribution is 2.70. The minimum absolute atomic E-state index is 0.153. The predicted octanol–water partition coefficient (Wildman–Crippen LogP) is 16.2. The normalized spacial score (nSPS) is 45.1. The fraction of sp³-hybridized carbons (Fsp3) is 1.00. The standard InChI is InChI=1S/C58H103BrO5Si/c1-40(48-22-24-50-46-20-18-42-38-44(60-7)27-31-55(42,3)52(46)29-33-57(48,50)5)16-15-36-62-54(64-65(9,10)63-37-14-12-11-13-35-59)26-17-41(2)49-23-25-51-47-21-19-43-39-45(61-8)28-32-56(43,4)53(47)30-34-58(49,51)6/h40-54H,11-39H2,1-10H3/t40-,41-,42?,43?,44-,45-,46?,47?,48?,49?,50?,51?,52?,53?,54?,55+,56+,57-,58-/m1/s1. The fourth-order valence-electron chi connectivity index (χ4n) is 19.6. The Labute approximate surface area is 411 Å². The second kappa shape index (κ2) is 21.7. The summed E-state index contributed by atoms with van der Waals surface area (Å²) in [6.45, 7) is 22.3. The summed E-state index contributed by atoms with van der Waals surface area (Å²) >= 11 is 3.60. The Morgan fingerprint density at radius 1 is 0.523 bits per heavy atom. The van der Waals surface area contributed by atoms with E-state index < -0.39 is 8.56 Å². The van der Waals surface area contributed by atoms with Gasteiger partial charge in [0.2, 0.25) is 0 Å². The van der Waals surface area contributed by atoms with Crippen molar-refractivity contribution >= 4 is 24.5 Å². The summed E-state index contributed by atoms with van der Waals surface area (Å²) in [5, 5.41) is 1.10. The van der Waals surface area contributed by atoms with Gasteiger partial charge in [0.1, 0.15) is 6.29 Å². The first-order valence-corrected chi connectivity index (χ1v) is 32.6. The molecule has 65 heavy (non-hydrogen) atoms. The number of unbranched alkanes of at least 4 members (excludes halogenated alkanes) is 3. The van der Waals surface area contributed by atoms with E-state index in [1.165, 1.54) is 148 Å². The number of ether oxygens (including phenoxy) is 3. The van der Waals surface area contributed by atoms with Gasteiger partial charge in [-0.25, -0.2) is 0 Å². The Bertz CT molecular complexity index is 1510. The van der Waals surface area contributed by atoms with E-state index in [2.05, 4.69) is 70.6 Å². The number of halogens is 1. The highest BCUT2D eigenvalue weighted by molar-refractivity contribution is 9.09. The molecule has 376 valence electrons. The van der Waals surface area contributed by atoms with Crippen LogP contribution in [0.4, 0.5) is 0 Å². The summed E-state index contributed by atoms with van der Waals surface area (Å²) < 4.78 is 32.4. The van der Waals surface area contributed by atoms with Gasteiger partial charge in [-0.1, -0.05) is 70.3 Å². The second-order valence-electron chi connectivity index (χ2n) is 26.5. The van der Waals surface area contributed by atoms with E-state index in [-0.39, 0.29) is 6.29 Å². The third kappa shape index (κ3) is 10.6. The first kappa shape index (κ1) is 51.8. The first-order chi connectivity index (χ1) is 31.1. The molecule has 8 saturated carbocycles. The van der Waals surface area contributed by atoms with Crippen LogP contribution in [0.1, 0.15) is 208 Å². The van der Waals surface area contributed by atoms with Gasteiger partial charge in [0.05, 0.1) is 12.2 Å². The smallest absolute Gasteiger partial charge is 0.333 e. The molecule has 0 amide bonds. The van der Waals surface area contributed by atoms with Gasteiger partial charge in [-0.2, -0.15) is 0 Å². The molecule has 8 aliphatic carbocycles. The number of hydrogen-bond donors (Lipinski definition) is 0. The van der Waals surface area contributed by atoms with Crippen molar-refractivity contribution in [2.45, 2.75) is 240 Å². The highest BCUT2D eigenvalue weighted by atomic mass is 79.9. The van der Waals surface area contributed by atoms with Gasteiger partial charge in [-0.15, -0.1) is 0 Å². The summed E-state index contributed by atoms with van der Waals surface area (Å²) in [5.41, 5.74) is 2.09. The van der Waals surface area contributed by atoms with Crippen molar-refractivity contribution in [1.82, 2.24) is 0 Å². The minimum Gasteiger partial charge on any atom is -0.394 e. The van der Waals surface area contributed by atoms with Crippen LogP contribution in [0.15, 0.2) is 0 Å². The summed E-state index contributed by atoms with van der Waals surface area (Å²) in [6.07, 6.45) is 35.8. The third-order valence-electron chi connectivity index (χ3n) is 23.3. The Kier molecular flexibility index (Phi) is 17.3. The average Bonchev–Trinajstić information content (AvgIpc) is 3.84. The molecule has 0 bridgehead atoms. The summed E-state index contributed by atoms with van der Waals surface area (Å²) in [5.74, 6) is 10.5. The molecule has 8 aliphatic rings. The molecule has 0 heterocycles. The second-order valence-corrected chi connectivity index (χ2v) is 30.6. The Morgan fingerprint density at radius 2 is 1.02 bits per heavy atom. The zero-order valence-corrected chi connectivity index (χ0v) is 46.7. The van der Waals surface area contributed by atoms with Crippen molar-refractivity contribution in [1.29, 1.82) is 0 Å².